The van der Waals surface area contributed by atoms with Crippen LogP contribution in [0.3, 0.4) is 0 Å². The van der Waals surface area contributed by atoms with Gasteiger partial charge >= 0.3 is 49.2 Å². The van der Waals surface area contributed by atoms with Crippen molar-refractivity contribution in [2.24, 2.45) is 0 Å². The van der Waals surface area contributed by atoms with Crippen LogP contribution in [0.5, 0.6) is 11.5 Å². The van der Waals surface area contributed by atoms with E-state index in [0.717, 1.165) is 41.3 Å². The van der Waals surface area contributed by atoms with Crippen LogP contribution in [0, 0.1) is 11.6 Å². The summed E-state index contributed by atoms with van der Waals surface area (Å²) < 4.78 is 286. The molecule has 2 aliphatic rings. The van der Waals surface area contributed by atoms with E-state index >= 15 is 0 Å². The van der Waals surface area contributed by atoms with Crippen LogP contribution in [-0.2, 0) is 59.0 Å². The lowest BCUT2D eigenvalue weighted by molar-refractivity contribution is -0.144. The van der Waals surface area contributed by atoms with Crippen LogP contribution in [0.15, 0.2) is 97.1 Å². The molecule has 0 saturated carbocycles. The number of alkyl carbamates (subject to hydrolysis) is 1. The maximum Gasteiger partial charge on any atom is 0.416 e. The second-order valence-electron chi connectivity index (χ2n) is 20.9. The first kappa shape index (κ1) is 73.1. The first-order valence-electron chi connectivity index (χ1n) is 26.1. The fraction of sp³-hybridized carbons (Fsp3) is 0.377. The third kappa shape index (κ3) is 17.0. The van der Waals surface area contributed by atoms with Crippen molar-refractivity contribution < 1.29 is 116 Å². The summed E-state index contributed by atoms with van der Waals surface area (Å²) in [6.07, 6.45) is -34.3. The van der Waals surface area contributed by atoms with Gasteiger partial charge in [0.1, 0.15) is 35.3 Å². The highest BCUT2D eigenvalue weighted by Gasteiger charge is 2.45. The molecule has 2 fully saturated rings. The van der Waals surface area contributed by atoms with Crippen molar-refractivity contribution in [3.05, 3.63) is 175 Å². The van der Waals surface area contributed by atoms with E-state index in [2.05, 4.69) is 5.32 Å². The molecule has 8 rings (SSSR count). The number of cyclic esters (lactones) is 2. The Balaban J connectivity index is 0.000000269. The smallest absolute Gasteiger partial charge is 0.416 e. The van der Waals surface area contributed by atoms with Gasteiger partial charge in [-0.25, -0.2) is 18.4 Å². The van der Waals surface area contributed by atoms with Gasteiger partial charge in [0.25, 0.3) is 0 Å². The highest BCUT2D eigenvalue weighted by molar-refractivity contribution is 6.17. The first-order chi connectivity index (χ1) is 40.9. The van der Waals surface area contributed by atoms with Gasteiger partial charge in [0.2, 0.25) is 0 Å². The summed E-state index contributed by atoms with van der Waals surface area (Å²) in [5.74, 6) is -1.31. The fourth-order valence-electron chi connectivity index (χ4n) is 9.59. The minimum absolute atomic E-state index is 0. The van der Waals surface area contributed by atoms with E-state index < -0.39 is 131 Å². The molecule has 2 amide bonds. The van der Waals surface area contributed by atoms with E-state index in [1.165, 1.54) is 46.3 Å². The molecule has 0 aliphatic carbocycles. The molecule has 90 heavy (non-hydrogen) atoms. The van der Waals surface area contributed by atoms with E-state index in [4.69, 9.17) is 30.5 Å². The topological polar surface area (TPSA) is 86.3 Å². The molecule has 0 radical (unpaired) electrons. The van der Waals surface area contributed by atoms with E-state index in [-0.39, 0.29) is 76.6 Å². The number of ether oxygens (including phenoxy) is 4. The summed E-state index contributed by atoms with van der Waals surface area (Å²) in [6.45, 7) is 9.19. The number of halogens is 21. The van der Waals surface area contributed by atoms with Gasteiger partial charge < -0.3 is 24.3 Å². The Morgan fingerprint density at radius 2 is 0.844 bits per heavy atom. The Labute approximate surface area is 507 Å². The van der Waals surface area contributed by atoms with E-state index in [1.54, 1.807) is 19.9 Å². The average molecular weight is 1330 g/mol. The SMILES string of the molecule is C.COc1cc(F)c(C(C)C)cc1-c1ccc(C(F)(F)F)cc1CCl.COc1cc(F)c(C(C)C)cc1-c1ccc(C(F)(F)F)cc1CN1C(=O)O[C@H](c2cc(C(F)(F)F)cc(C(F)(F)F)c2)[C@@H]1C.C[C@@H]1NC(=O)O[C@@H]1c1cc(C(F)(F)F)cc(C(F)(F)F)c1. The van der Waals surface area contributed by atoms with Crippen molar-refractivity contribution >= 4 is 23.8 Å². The van der Waals surface area contributed by atoms with Crippen LogP contribution in [0.1, 0.15) is 140 Å². The predicted molar refractivity (Wildman–Crippen MR) is 290 cm³/mol. The van der Waals surface area contributed by atoms with E-state index in [1.807, 2.05) is 13.8 Å². The van der Waals surface area contributed by atoms with Gasteiger partial charge in [-0.15, -0.1) is 11.6 Å². The molecule has 4 atom stereocenters. The van der Waals surface area contributed by atoms with Crippen LogP contribution in [-0.4, -0.2) is 43.4 Å². The first-order valence-corrected chi connectivity index (χ1v) is 26.7. The maximum absolute atomic E-state index is 14.7. The molecule has 2 aliphatic heterocycles. The lowest BCUT2D eigenvalue weighted by Gasteiger charge is -2.24. The largest absolute Gasteiger partial charge is 0.496 e. The van der Waals surface area contributed by atoms with Gasteiger partial charge in [-0.1, -0.05) is 47.3 Å². The number of rotatable bonds is 11. The molecule has 2 heterocycles. The second-order valence-corrected chi connectivity index (χ2v) is 21.2. The number of nitrogens with zero attached hydrogens (tertiary/aromatic N) is 1. The minimum atomic E-state index is -5.16. The number of methoxy groups -OCH3 is 2. The average Bonchev–Trinajstić information content (AvgIpc) is 1.32. The lowest BCUT2D eigenvalue weighted by Crippen LogP contribution is -2.32. The van der Waals surface area contributed by atoms with Gasteiger partial charge in [0.15, 0.2) is 0 Å². The van der Waals surface area contributed by atoms with Gasteiger partial charge in [0.05, 0.1) is 66.2 Å². The summed E-state index contributed by atoms with van der Waals surface area (Å²) in [7, 11) is 2.61. The zero-order valence-electron chi connectivity index (χ0n) is 47.4. The summed E-state index contributed by atoms with van der Waals surface area (Å²) in [5.41, 5.74) is -6.70. The maximum atomic E-state index is 14.7. The highest BCUT2D eigenvalue weighted by Crippen LogP contribution is 2.46. The van der Waals surface area contributed by atoms with Gasteiger partial charge in [-0.3, -0.25) is 4.90 Å². The predicted octanol–water partition coefficient (Wildman–Crippen LogP) is 20.7. The summed E-state index contributed by atoms with van der Waals surface area (Å²) >= 11 is 5.85. The van der Waals surface area contributed by atoms with Crippen LogP contribution < -0.4 is 14.8 Å². The molecule has 2 saturated heterocycles. The molecular weight excluding hydrogens is 1270 g/mol. The number of amides is 2. The minimum Gasteiger partial charge on any atom is -0.496 e. The Bertz CT molecular complexity index is 3490. The van der Waals surface area contributed by atoms with Crippen molar-refractivity contribution in [3.8, 4) is 33.8 Å². The van der Waals surface area contributed by atoms with Crippen LogP contribution in [0.2, 0.25) is 0 Å². The van der Waals surface area contributed by atoms with Crippen molar-refractivity contribution in [2.45, 2.75) is 135 Å². The molecule has 1 N–H and O–H groups in total. The number of alkyl halides is 19. The lowest BCUT2D eigenvalue weighted by atomic mass is 9.91. The van der Waals surface area contributed by atoms with Gasteiger partial charge in [-0.05, 0) is 143 Å². The van der Waals surface area contributed by atoms with Gasteiger partial charge in [-0.2, -0.15) is 79.0 Å². The summed E-state index contributed by atoms with van der Waals surface area (Å²) in [5, 5.41) is 2.26. The highest BCUT2D eigenvalue weighted by atomic mass is 35.5. The molecule has 0 aromatic heterocycles. The summed E-state index contributed by atoms with van der Waals surface area (Å²) in [6, 6.07) is 11.3. The van der Waals surface area contributed by atoms with Crippen LogP contribution >= 0.6 is 11.6 Å². The normalized spacial score (nSPS) is 17.2. The Kier molecular flexibility index (Phi) is 22.3. The number of carbonyl (C=O) groups is 2. The third-order valence-corrected chi connectivity index (χ3v) is 14.4. The van der Waals surface area contributed by atoms with Crippen LogP contribution in [0.4, 0.5) is 97.4 Å². The molecule has 0 spiro atoms. The third-order valence-electron chi connectivity index (χ3n) is 14.1. The number of nitrogens with one attached hydrogen (secondary N) is 1. The van der Waals surface area contributed by atoms with Gasteiger partial charge in [0, 0.05) is 29.1 Å². The molecule has 6 aromatic carbocycles. The number of hydrogen-bond acceptors (Lipinski definition) is 6. The molecular formula is C61H55ClF20N2O6. The molecule has 29 heteroatoms. The van der Waals surface area contributed by atoms with E-state index in [9.17, 15) is 97.4 Å². The zero-order chi connectivity index (χ0) is 67.0. The molecule has 0 unspecified atom stereocenters. The summed E-state index contributed by atoms with van der Waals surface area (Å²) in [4.78, 5) is 24.9. The van der Waals surface area contributed by atoms with Crippen molar-refractivity contribution in [3.63, 3.8) is 0 Å². The second kappa shape index (κ2) is 27.4. The standard InChI is InChI=1S/C30H25F10NO3.C18H17ClF4O.C12H9F6NO2.CH4/c1-14(2)22-11-23(25(43-4)12-24(22)31)21-6-5-18(28(32,33)34)9-17(21)13-41-15(3)26(44-27(41)42)16-7-19(29(35,36)37)10-20(8-16)30(38,39)40;1-10(2)14-7-15(17(24-3)8-16(14)20)13-5-4-12(18(21,22)23)6-11(13)9-19;1-5-9(21-10(20)19-5)6-2-7(11(13,14)15)4-8(3-6)12(16,17)18;/h5-12,14-15,26H,13H2,1-4H3;4-8,10H,9H2,1-3H3;2-5,9H,1H3,(H,19,20);1H4/t15-,26-;;5-,9-;/m0.0./s1. The van der Waals surface area contributed by atoms with Crippen molar-refractivity contribution in [1.82, 2.24) is 10.2 Å². The Morgan fingerprint density at radius 3 is 1.17 bits per heavy atom. The Hall–Kier alpha value is -7.65. The molecule has 492 valence electrons. The van der Waals surface area contributed by atoms with E-state index in [0.29, 0.717) is 46.5 Å². The fourth-order valence-corrected chi connectivity index (χ4v) is 9.81. The number of carbonyl (C=O) groups excluding carboxylic acids is 2. The quantitative estimate of drug-likeness (QED) is 0.103. The monoisotopic (exact) mass is 1330 g/mol. The van der Waals surface area contributed by atoms with Crippen molar-refractivity contribution in [2.75, 3.05) is 14.2 Å². The Morgan fingerprint density at radius 1 is 0.489 bits per heavy atom. The molecule has 8 nitrogen and oxygen atoms in total. The molecule has 0 bridgehead atoms. The zero-order valence-corrected chi connectivity index (χ0v) is 48.2. The molecule has 6 aromatic rings. The number of benzene rings is 6. The number of hydrogen-bond donors (Lipinski definition) is 1. The van der Waals surface area contributed by atoms with Crippen molar-refractivity contribution in [1.29, 1.82) is 0 Å². The van der Waals surface area contributed by atoms with Crippen LogP contribution in [0.25, 0.3) is 22.3 Å².